The predicted octanol–water partition coefficient (Wildman–Crippen LogP) is 4.63. The Balaban J connectivity index is 2.08. The van der Waals surface area contributed by atoms with E-state index >= 15 is 0 Å². The number of carbonyl (C=O) groups excluding carboxylic acids is 1. The van der Waals surface area contributed by atoms with Crippen LogP contribution in [0.4, 0.5) is 5.69 Å². The molecule has 0 N–H and O–H groups in total. The molecule has 6 heteroatoms. The summed E-state index contributed by atoms with van der Waals surface area (Å²) in [4.78, 5) is 14.0. The van der Waals surface area contributed by atoms with E-state index in [9.17, 15) is 4.79 Å². The lowest BCUT2D eigenvalue weighted by Crippen LogP contribution is -2.35. The molecule has 2 aromatic carbocycles. The molecule has 0 aliphatic carbocycles. The second-order valence-corrected chi connectivity index (χ2v) is 5.97. The van der Waals surface area contributed by atoms with Crippen molar-refractivity contribution in [3.8, 4) is 11.8 Å². The van der Waals surface area contributed by atoms with Crippen LogP contribution in [-0.2, 0) is 4.79 Å². The van der Waals surface area contributed by atoms with Crippen LogP contribution < -0.4 is 9.64 Å². The Labute approximate surface area is 151 Å². The van der Waals surface area contributed by atoms with Crippen LogP contribution in [0.15, 0.2) is 42.5 Å². The van der Waals surface area contributed by atoms with E-state index in [4.69, 9.17) is 33.2 Å². The molecule has 0 bridgehead atoms. The van der Waals surface area contributed by atoms with Gasteiger partial charge in [0.25, 0.3) is 5.91 Å². The second kappa shape index (κ2) is 8.58. The standard InChI is InChI=1S/C18H16Cl2N2O2/c1-13-3-5-14(6-4-13)22(10-2-9-21)18(23)12-24-15-7-8-16(19)17(20)11-15/h3-8,11H,2,10,12H2,1H3. The fourth-order valence-corrected chi connectivity index (χ4v) is 2.36. The molecule has 124 valence electrons. The molecule has 0 aliphatic heterocycles. The lowest BCUT2D eigenvalue weighted by molar-refractivity contribution is -0.120. The summed E-state index contributed by atoms with van der Waals surface area (Å²) in [7, 11) is 0. The van der Waals surface area contributed by atoms with E-state index in [2.05, 4.69) is 6.07 Å². The van der Waals surface area contributed by atoms with Crippen LogP contribution in [0.25, 0.3) is 0 Å². The number of aryl methyl sites for hydroxylation is 1. The molecule has 0 aromatic heterocycles. The highest BCUT2D eigenvalue weighted by atomic mass is 35.5. The van der Waals surface area contributed by atoms with Gasteiger partial charge in [-0.1, -0.05) is 40.9 Å². The van der Waals surface area contributed by atoms with E-state index < -0.39 is 0 Å². The SMILES string of the molecule is Cc1ccc(N(CCC#N)C(=O)COc2ccc(Cl)c(Cl)c2)cc1. The fraction of sp³-hybridized carbons (Fsp3) is 0.222. The molecule has 0 spiro atoms. The van der Waals surface area contributed by atoms with Crippen LogP contribution >= 0.6 is 23.2 Å². The molecule has 0 saturated heterocycles. The Morgan fingerprint density at radius 2 is 1.88 bits per heavy atom. The third kappa shape index (κ3) is 4.89. The predicted molar refractivity (Wildman–Crippen MR) is 95.7 cm³/mol. The minimum absolute atomic E-state index is 0.155. The van der Waals surface area contributed by atoms with Gasteiger partial charge in [-0.25, -0.2) is 0 Å². The zero-order valence-electron chi connectivity index (χ0n) is 13.1. The summed E-state index contributed by atoms with van der Waals surface area (Å²) in [5.74, 6) is 0.224. The Morgan fingerprint density at radius 1 is 1.17 bits per heavy atom. The lowest BCUT2D eigenvalue weighted by Gasteiger charge is -2.22. The van der Waals surface area contributed by atoms with Crippen LogP contribution in [-0.4, -0.2) is 19.1 Å². The van der Waals surface area contributed by atoms with Gasteiger partial charge in [0, 0.05) is 18.3 Å². The Kier molecular flexibility index (Phi) is 6.48. The van der Waals surface area contributed by atoms with Crippen molar-refractivity contribution in [3.05, 3.63) is 58.1 Å². The van der Waals surface area contributed by atoms with Crippen molar-refractivity contribution in [2.45, 2.75) is 13.3 Å². The molecule has 1 amide bonds. The number of nitriles is 1. The van der Waals surface area contributed by atoms with Crippen LogP contribution in [0.1, 0.15) is 12.0 Å². The maximum absolute atomic E-state index is 12.5. The van der Waals surface area contributed by atoms with Gasteiger partial charge in [-0.15, -0.1) is 0 Å². The van der Waals surface area contributed by atoms with Gasteiger partial charge < -0.3 is 9.64 Å². The van der Waals surface area contributed by atoms with Crippen LogP contribution in [0.2, 0.25) is 10.0 Å². The van der Waals surface area contributed by atoms with Crippen molar-refractivity contribution in [2.75, 3.05) is 18.1 Å². The molecular weight excluding hydrogens is 347 g/mol. The minimum Gasteiger partial charge on any atom is -0.484 e. The topological polar surface area (TPSA) is 53.3 Å². The summed E-state index contributed by atoms with van der Waals surface area (Å²) in [6, 6.07) is 14.4. The van der Waals surface area contributed by atoms with Crippen LogP contribution in [0, 0.1) is 18.3 Å². The molecule has 0 aliphatic rings. The van der Waals surface area contributed by atoms with Gasteiger partial charge in [0.05, 0.1) is 22.5 Å². The number of hydrogen-bond acceptors (Lipinski definition) is 3. The normalized spacial score (nSPS) is 10.1. The molecule has 0 atom stereocenters. The van der Waals surface area contributed by atoms with E-state index in [1.165, 1.54) is 0 Å². The average molecular weight is 363 g/mol. The zero-order chi connectivity index (χ0) is 17.5. The summed E-state index contributed by atoms with van der Waals surface area (Å²) in [5, 5.41) is 9.59. The number of amides is 1. The monoisotopic (exact) mass is 362 g/mol. The summed E-state index contributed by atoms with van der Waals surface area (Å²) >= 11 is 11.8. The number of anilines is 1. The second-order valence-electron chi connectivity index (χ2n) is 5.15. The van der Waals surface area contributed by atoms with Crippen molar-refractivity contribution in [2.24, 2.45) is 0 Å². The molecule has 0 radical (unpaired) electrons. The third-order valence-electron chi connectivity index (χ3n) is 3.35. The van der Waals surface area contributed by atoms with E-state index in [1.54, 1.807) is 23.1 Å². The first-order valence-electron chi connectivity index (χ1n) is 7.33. The average Bonchev–Trinajstić information content (AvgIpc) is 2.57. The van der Waals surface area contributed by atoms with Gasteiger partial charge in [-0.05, 0) is 31.2 Å². The highest BCUT2D eigenvalue weighted by molar-refractivity contribution is 6.42. The molecule has 0 unspecified atom stereocenters. The zero-order valence-corrected chi connectivity index (χ0v) is 14.6. The van der Waals surface area contributed by atoms with Crippen molar-refractivity contribution in [1.29, 1.82) is 5.26 Å². The van der Waals surface area contributed by atoms with Crippen LogP contribution in [0.3, 0.4) is 0 Å². The van der Waals surface area contributed by atoms with Gasteiger partial charge in [0.15, 0.2) is 6.61 Å². The molecule has 4 nitrogen and oxygen atoms in total. The maximum atomic E-state index is 12.5. The fourth-order valence-electron chi connectivity index (χ4n) is 2.07. The van der Waals surface area contributed by atoms with Gasteiger partial charge in [-0.2, -0.15) is 5.26 Å². The Bertz CT molecular complexity index is 755. The van der Waals surface area contributed by atoms with E-state index in [-0.39, 0.29) is 18.9 Å². The highest BCUT2D eigenvalue weighted by Gasteiger charge is 2.16. The number of nitrogens with zero attached hydrogens (tertiary/aromatic N) is 2. The smallest absolute Gasteiger partial charge is 0.264 e. The number of hydrogen-bond donors (Lipinski definition) is 0. The summed E-state index contributed by atoms with van der Waals surface area (Å²) in [5.41, 5.74) is 1.83. The van der Waals surface area contributed by atoms with E-state index in [0.29, 0.717) is 22.3 Å². The van der Waals surface area contributed by atoms with Crippen molar-refractivity contribution < 1.29 is 9.53 Å². The largest absolute Gasteiger partial charge is 0.484 e. The molecule has 2 aromatic rings. The Hall–Kier alpha value is -2.22. The molecule has 2 rings (SSSR count). The number of carbonyl (C=O) groups is 1. The number of rotatable bonds is 6. The van der Waals surface area contributed by atoms with Crippen LogP contribution in [0.5, 0.6) is 5.75 Å². The first kappa shape index (κ1) is 18.1. The van der Waals surface area contributed by atoms with Gasteiger partial charge in [0.1, 0.15) is 5.75 Å². The first-order chi connectivity index (χ1) is 11.5. The quantitative estimate of drug-likeness (QED) is 0.752. The van der Waals surface area contributed by atoms with Crippen molar-refractivity contribution >= 4 is 34.8 Å². The van der Waals surface area contributed by atoms with Crippen molar-refractivity contribution in [1.82, 2.24) is 0 Å². The third-order valence-corrected chi connectivity index (χ3v) is 4.09. The summed E-state index contributed by atoms with van der Waals surface area (Å²) < 4.78 is 5.49. The number of benzene rings is 2. The molecule has 0 fully saturated rings. The summed E-state index contributed by atoms with van der Waals surface area (Å²) in [6.07, 6.45) is 0.242. The molecule has 0 heterocycles. The molecule has 24 heavy (non-hydrogen) atoms. The molecular formula is C18H16Cl2N2O2. The van der Waals surface area contributed by atoms with Gasteiger partial charge in [0.2, 0.25) is 0 Å². The molecule has 0 saturated carbocycles. The van der Waals surface area contributed by atoms with Crippen molar-refractivity contribution in [3.63, 3.8) is 0 Å². The first-order valence-corrected chi connectivity index (χ1v) is 8.08. The lowest BCUT2D eigenvalue weighted by atomic mass is 10.2. The minimum atomic E-state index is -0.236. The van der Waals surface area contributed by atoms with Gasteiger partial charge >= 0.3 is 0 Å². The van der Waals surface area contributed by atoms with E-state index in [1.807, 2.05) is 31.2 Å². The van der Waals surface area contributed by atoms with Gasteiger partial charge in [-0.3, -0.25) is 4.79 Å². The number of halogens is 2. The summed E-state index contributed by atoms with van der Waals surface area (Å²) in [6.45, 7) is 2.12. The van der Waals surface area contributed by atoms with E-state index in [0.717, 1.165) is 11.3 Å². The Morgan fingerprint density at radius 3 is 2.50 bits per heavy atom. The maximum Gasteiger partial charge on any atom is 0.264 e. The highest BCUT2D eigenvalue weighted by Crippen LogP contribution is 2.26. The number of ether oxygens (including phenoxy) is 1.